The van der Waals surface area contributed by atoms with Crippen LogP contribution in [0.1, 0.15) is 12.5 Å². The van der Waals surface area contributed by atoms with Gasteiger partial charge in [-0.1, -0.05) is 0 Å². The monoisotopic (exact) mass is 373 g/mol. The van der Waals surface area contributed by atoms with Crippen LogP contribution < -0.4 is 4.72 Å². The van der Waals surface area contributed by atoms with Gasteiger partial charge in [0.05, 0.1) is 9.39 Å². The van der Waals surface area contributed by atoms with Crippen LogP contribution in [0, 0.1) is 6.92 Å². The lowest BCUT2D eigenvalue weighted by atomic mass is 10.1. The molecule has 18 heavy (non-hydrogen) atoms. The molecule has 1 heterocycles. The molecule has 0 amide bonds. The molecule has 1 atom stereocenters. The molecular formula is C10H16BrNO3S3. The molecule has 0 saturated carbocycles. The van der Waals surface area contributed by atoms with Gasteiger partial charge in [0, 0.05) is 12.3 Å². The Morgan fingerprint density at radius 2 is 2.22 bits per heavy atom. The van der Waals surface area contributed by atoms with E-state index in [1.165, 1.54) is 11.8 Å². The standard InChI is InChI=1S/C10H16BrNO3S3/c1-7-4-8(17-9(7)11)18(14,15)12-5-10(2,13)6-16-3/h4,12-13H,5-6H2,1-3H3. The number of hydrogen-bond donors (Lipinski definition) is 2. The zero-order valence-electron chi connectivity index (χ0n) is 10.4. The molecule has 2 N–H and O–H groups in total. The summed E-state index contributed by atoms with van der Waals surface area (Å²) in [5.74, 6) is 0.475. The van der Waals surface area contributed by atoms with E-state index < -0.39 is 15.6 Å². The number of sulfonamides is 1. The molecule has 0 aliphatic heterocycles. The molecule has 0 radical (unpaired) electrons. The van der Waals surface area contributed by atoms with Crippen molar-refractivity contribution in [2.75, 3.05) is 18.6 Å². The topological polar surface area (TPSA) is 66.4 Å². The van der Waals surface area contributed by atoms with Crippen molar-refractivity contribution < 1.29 is 13.5 Å². The fourth-order valence-electron chi connectivity index (χ4n) is 1.25. The van der Waals surface area contributed by atoms with Gasteiger partial charge in [-0.25, -0.2) is 13.1 Å². The Hall–Kier alpha value is 0.400. The van der Waals surface area contributed by atoms with Gasteiger partial charge in [0.15, 0.2) is 0 Å². The molecule has 0 spiro atoms. The number of hydrogen-bond acceptors (Lipinski definition) is 5. The molecule has 0 aliphatic carbocycles. The highest BCUT2D eigenvalue weighted by Gasteiger charge is 2.25. The summed E-state index contributed by atoms with van der Waals surface area (Å²) in [6.45, 7) is 3.45. The number of nitrogens with one attached hydrogen (secondary N) is 1. The maximum absolute atomic E-state index is 12.0. The second-order valence-electron chi connectivity index (χ2n) is 4.28. The lowest BCUT2D eigenvalue weighted by Gasteiger charge is -2.22. The zero-order chi connectivity index (χ0) is 14.0. The molecule has 1 rings (SSSR count). The minimum atomic E-state index is -3.54. The van der Waals surface area contributed by atoms with Gasteiger partial charge in [0.25, 0.3) is 0 Å². The van der Waals surface area contributed by atoms with Crippen LogP contribution in [0.25, 0.3) is 0 Å². The average molecular weight is 374 g/mol. The fraction of sp³-hybridized carbons (Fsp3) is 0.600. The van der Waals surface area contributed by atoms with E-state index in [2.05, 4.69) is 20.7 Å². The summed E-state index contributed by atoms with van der Waals surface area (Å²) in [5.41, 5.74) is -0.160. The third kappa shape index (κ3) is 4.50. The van der Waals surface area contributed by atoms with Crippen molar-refractivity contribution >= 4 is 49.1 Å². The molecule has 0 saturated heterocycles. The summed E-state index contributed by atoms with van der Waals surface area (Å²) in [7, 11) is -3.54. The molecule has 8 heteroatoms. The Morgan fingerprint density at radius 3 is 2.67 bits per heavy atom. The normalized spacial score (nSPS) is 15.6. The summed E-state index contributed by atoms with van der Waals surface area (Å²) in [6.07, 6.45) is 1.86. The van der Waals surface area contributed by atoms with E-state index in [0.717, 1.165) is 20.7 Å². The first kappa shape index (κ1) is 16.5. The van der Waals surface area contributed by atoms with Crippen molar-refractivity contribution in [3.05, 3.63) is 15.4 Å². The van der Waals surface area contributed by atoms with Gasteiger partial charge < -0.3 is 5.11 Å². The molecule has 4 nitrogen and oxygen atoms in total. The highest BCUT2D eigenvalue weighted by atomic mass is 79.9. The van der Waals surface area contributed by atoms with E-state index >= 15 is 0 Å². The van der Waals surface area contributed by atoms with Gasteiger partial charge in [0.2, 0.25) is 10.0 Å². The van der Waals surface area contributed by atoms with Crippen LogP contribution in [0.4, 0.5) is 0 Å². The van der Waals surface area contributed by atoms with Crippen LogP contribution in [-0.4, -0.2) is 37.7 Å². The van der Waals surface area contributed by atoms with E-state index in [0.29, 0.717) is 5.75 Å². The molecular weight excluding hydrogens is 358 g/mol. The van der Waals surface area contributed by atoms with E-state index in [4.69, 9.17) is 0 Å². The number of thiophene rings is 1. The largest absolute Gasteiger partial charge is 0.388 e. The predicted molar refractivity (Wildman–Crippen MR) is 81.0 cm³/mol. The smallest absolute Gasteiger partial charge is 0.250 e. The van der Waals surface area contributed by atoms with Crippen molar-refractivity contribution in [2.24, 2.45) is 0 Å². The number of rotatable bonds is 6. The molecule has 0 aromatic carbocycles. The number of aliphatic hydroxyl groups is 1. The van der Waals surface area contributed by atoms with Gasteiger partial charge in [-0.3, -0.25) is 0 Å². The van der Waals surface area contributed by atoms with Gasteiger partial charge in [0.1, 0.15) is 4.21 Å². The fourth-order valence-corrected chi connectivity index (χ4v) is 5.40. The van der Waals surface area contributed by atoms with Gasteiger partial charge in [-0.05, 0) is 47.7 Å². The van der Waals surface area contributed by atoms with Crippen molar-refractivity contribution in [1.29, 1.82) is 0 Å². The Morgan fingerprint density at radius 1 is 1.61 bits per heavy atom. The number of thioether (sulfide) groups is 1. The summed E-state index contributed by atoms with van der Waals surface area (Å²) < 4.78 is 27.5. The summed E-state index contributed by atoms with van der Waals surface area (Å²) in [5, 5.41) is 9.93. The lowest BCUT2D eigenvalue weighted by molar-refractivity contribution is 0.0909. The van der Waals surface area contributed by atoms with Crippen molar-refractivity contribution in [3.8, 4) is 0 Å². The van der Waals surface area contributed by atoms with Crippen molar-refractivity contribution in [1.82, 2.24) is 4.72 Å². The van der Waals surface area contributed by atoms with Gasteiger partial charge in [-0.2, -0.15) is 11.8 Å². The van der Waals surface area contributed by atoms with Gasteiger partial charge in [-0.15, -0.1) is 11.3 Å². The van der Waals surface area contributed by atoms with Crippen LogP contribution in [-0.2, 0) is 10.0 Å². The van der Waals surface area contributed by atoms with Gasteiger partial charge >= 0.3 is 0 Å². The van der Waals surface area contributed by atoms with E-state index in [9.17, 15) is 13.5 Å². The quantitative estimate of drug-likeness (QED) is 0.801. The first-order chi connectivity index (χ1) is 8.18. The Labute approximate surface area is 124 Å². The van der Waals surface area contributed by atoms with Crippen molar-refractivity contribution in [3.63, 3.8) is 0 Å². The van der Waals surface area contributed by atoms with Crippen molar-refractivity contribution in [2.45, 2.75) is 23.7 Å². The molecule has 104 valence electrons. The molecule has 1 unspecified atom stereocenters. The summed E-state index contributed by atoms with van der Waals surface area (Å²) in [6, 6.07) is 1.61. The molecule has 1 aromatic rings. The third-order valence-corrected chi connectivity index (χ3v) is 7.12. The average Bonchev–Trinajstić information content (AvgIpc) is 2.58. The Balaban J connectivity index is 2.77. The van der Waals surface area contributed by atoms with Crippen LogP contribution >= 0.6 is 39.0 Å². The summed E-state index contributed by atoms with van der Waals surface area (Å²) >= 11 is 5.93. The minimum absolute atomic E-state index is 0.00470. The SMILES string of the molecule is CSCC(C)(O)CNS(=O)(=O)c1cc(C)c(Br)s1. The summed E-state index contributed by atoms with van der Waals surface area (Å²) in [4.78, 5) is 0. The van der Waals surface area contributed by atoms with Crippen LogP contribution in [0.5, 0.6) is 0 Å². The Kier molecular flexibility index (Phi) is 5.70. The van der Waals surface area contributed by atoms with E-state index in [1.807, 2.05) is 13.2 Å². The highest BCUT2D eigenvalue weighted by Crippen LogP contribution is 2.30. The maximum Gasteiger partial charge on any atom is 0.250 e. The zero-order valence-corrected chi connectivity index (χ0v) is 14.4. The second-order valence-corrected chi connectivity index (χ2v) is 9.51. The Bertz CT molecular complexity index is 491. The van der Waals surface area contributed by atoms with Crippen LogP contribution in [0.3, 0.4) is 0 Å². The maximum atomic E-state index is 12.0. The molecule has 0 aliphatic rings. The number of aryl methyl sites for hydroxylation is 1. The van der Waals surface area contributed by atoms with Crippen LogP contribution in [0.15, 0.2) is 14.1 Å². The van der Waals surface area contributed by atoms with E-state index in [1.54, 1.807) is 13.0 Å². The van der Waals surface area contributed by atoms with E-state index in [-0.39, 0.29) is 10.8 Å². The molecule has 1 aromatic heterocycles. The highest BCUT2D eigenvalue weighted by molar-refractivity contribution is 9.11. The first-order valence-corrected chi connectivity index (χ1v) is 9.63. The predicted octanol–water partition coefficient (Wildman–Crippen LogP) is 2.21. The second kappa shape index (κ2) is 6.23. The lowest BCUT2D eigenvalue weighted by Crippen LogP contribution is -2.42. The molecule has 0 bridgehead atoms. The minimum Gasteiger partial charge on any atom is -0.388 e. The third-order valence-electron chi connectivity index (χ3n) is 2.20. The number of halogens is 1. The first-order valence-electron chi connectivity index (χ1n) is 5.15. The van der Waals surface area contributed by atoms with Crippen LogP contribution in [0.2, 0.25) is 0 Å². The molecule has 0 fully saturated rings.